The molecule has 1 aliphatic heterocycles. The van der Waals surface area contributed by atoms with Gasteiger partial charge in [-0.2, -0.15) is 0 Å². The number of carbonyl (C=O) groups excluding carboxylic acids is 1. The zero-order valence-corrected chi connectivity index (χ0v) is 15.3. The molecule has 1 heterocycles. The van der Waals surface area contributed by atoms with Gasteiger partial charge < -0.3 is 10.2 Å². The van der Waals surface area contributed by atoms with Crippen molar-refractivity contribution in [3.8, 4) is 0 Å². The molecule has 3 aliphatic rings. The van der Waals surface area contributed by atoms with E-state index in [1.165, 1.54) is 61.0 Å². The Morgan fingerprint density at radius 2 is 1.83 bits per heavy atom. The lowest BCUT2D eigenvalue weighted by Crippen LogP contribution is -2.47. The fourth-order valence-corrected chi connectivity index (χ4v) is 5.08. The van der Waals surface area contributed by atoms with Crippen molar-refractivity contribution in [2.75, 3.05) is 30.7 Å². The van der Waals surface area contributed by atoms with Crippen molar-refractivity contribution in [2.45, 2.75) is 45.4 Å². The van der Waals surface area contributed by atoms with Gasteiger partial charge in [-0.05, 0) is 85.2 Å². The number of urea groups is 1. The molecule has 0 aromatic heterocycles. The molecule has 1 aromatic rings. The largest absolute Gasteiger partial charge is 0.329 e. The minimum absolute atomic E-state index is 0.0546. The predicted molar refractivity (Wildman–Crippen MR) is 101 cm³/mol. The molecule has 0 spiro atoms. The second kappa shape index (κ2) is 6.96. The van der Waals surface area contributed by atoms with Crippen LogP contribution in [0.4, 0.5) is 10.5 Å². The Kier molecular flexibility index (Phi) is 4.72. The molecule has 4 nitrogen and oxygen atoms in total. The van der Waals surface area contributed by atoms with E-state index in [0.717, 1.165) is 36.7 Å². The first-order valence-corrected chi connectivity index (χ1v) is 10.3. The number of anilines is 1. The van der Waals surface area contributed by atoms with E-state index in [-0.39, 0.29) is 6.03 Å². The number of rotatable bonds is 5. The number of fused-ring (bicyclic) bond motifs is 2. The Morgan fingerprint density at radius 3 is 2.46 bits per heavy atom. The van der Waals surface area contributed by atoms with Gasteiger partial charge in [0.15, 0.2) is 0 Å². The Morgan fingerprint density at radius 1 is 1.17 bits per heavy atom. The van der Waals surface area contributed by atoms with Crippen LogP contribution in [-0.4, -0.2) is 36.3 Å². The highest BCUT2D eigenvalue weighted by Crippen LogP contribution is 2.38. The second-order valence-electron chi connectivity index (χ2n) is 7.32. The number of hydrogen-bond donors (Lipinski definition) is 2. The molecular weight excluding hydrogens is 318 g/mol. The molecule has 0 saturated carbocycles. The summed E-state index contributed by atoms with van der Waals surface area (Å²) < 4.78 is 2.99. The first-order chi connectivity index (χ1) is 11.7. The lowest BCUT2D eigenvalue weighted by atomic mass is 9.99. The van der Waals surface area contributed by atoms with E-state index >= 15 is 0 Å². The van der Waals surface area contributed by atoms with Crippen molar-refractivity contribution < 1.29 is 4.79 Å². The van der Waals surface area contributed by atoms with Gasteiger partial charge in [-0.15, -0.1) is 0 Å². The van der Waals surface area contributed by atoms with Gasteiger partial charge in [0.05, 0.1) is 0 Å². The van der Waals surface area contributed by atoms with Crippen LogP contribution in [-0.2, 0) is 25.7 Å². The average molecular weight is 346 g/mol. The van der Waals surface area contributed by atoms with Gasteiger partial charge in [-0.25, -0.2) is 4.79 Å². The quantitative estimate of drug-likeness (QED) is 0.804. The van der Waals surface area contributed by atoms with Crippen LogP contribution in [0.5, 0.6) is 0 Å². The summed E-state index contributed by atoms with van der Waals surface area (Å²) in [5.41, 5.74) is 6.86. The molecule has 0 atom stereocenters. The lowest BCUT2D eigenvalue weighted by Gasteiger charge is -2.38. The minimum atomic E-state index is -0.0546. The zero-order valence-electron chi connectivity index (χ0n) is 14.5. The summed E-state index contributed by atoms with van der Waals surface area (Å²) in [5.74, 6) is 1.73. The highest BCUT2D eigenvalue weighted by atomic mass is 32.2. The van der Waals surface area contributed by atoms with Gasteiger partial charge in [0.2, 0.25) is 0 Å². The molecule has 1 saturated heterocycles. The van der Waals surface area contributed by atoms with Crippen LogP contribution in [0.15, 0.2) is 6.07 Å². The standard InChI is InChI=1S/C19H27N3OS/c1-2-22-10-13(11-22)12-24-21-19(23)20-18-16-7-3-5-14(16)9-15-6-4-8-17(15)18/h9,13H,2-8,10-12H2,1H3,(H2,20,21,23). The third kappa shape index (κ3) is 3.16. The van der Waals surface area contributed by atoms with Crippen molar-refractivity contribution in [1.29, 1.82) is 0 Å². The number of hydrogen-bond acceptors (Lipinski definition) is 3. The molecule has 2 amide bonds. The molecule has 130 valence electrons. The monoisotopic (exact) mass is 345 g/mol. The topological polar surface area (TPSA) is 44.4 Å². The maximum atomic E-state index is 12.4. The molecule has 2 aliphatic carbocycles. The predicted octanol–water partition coefficient (Wildman–Crippen LogP) is 3.39. The van der Waals surface area contributed by atoms with Crippen LogP contribution in [0.2, 0.25) is 0 Å². The van der Waals surface area contributed by atoms with Crippen molar-refractivity contribution in [2.24, 2.45) is 5.92 Å². The van der Waals surface area contributed by atoms with Gasteiger partial charge in [-0.3, -0.25) is 4.72 Å². The number of likely N-dealkylation sites (tertiary alicyclic amines) is 1. The van der Waals surface area contributed by atoms with Crippen LogP contribution >= 0.6 is 11.9 Å². The SMILES string of the molecule is CCN1CC(CSNC(=O)Nc2c3c(cc4c2CCC4)CCC3)C1. The smallest absolute Gasteiger partial charge is 0.307 e. The van der Waals surface area contributed by atoms with Gasteiger partial charge in [0, 0.05) is 24.5 Å². The van der Waals surface area contributed by atoms with Crippen LogP contribution in [0.25, 0.3) is 0 Å². The number of carbonyl (C=O) groups is 1. The Bertz CT molecular complexity index is 608. The molecule has 24 heavy (non-hydrogen) atoms. The average Bonchev–Trinajstić information content (AvgIpc) is 3.17. The van der Waals surface area contributed by atoms with E-state index in [2.05, 4.69) is 27.9 Å². The van der Waals surface area contributed by atoms with Crippen LogP contribution in [0.3, 0.4) is 0 Å². The molecular formula is C19H27N3OS. The van der Waals surface area contributed by atoms with E-state index in [1.807, 2.05) is 0 Å². The van der Waals surface area contributed by atoms with E-state index in [9.17, 15) is 4.79 Å². The molecule has 5 heteroatoms. The summed E-state index contributed by atoms with van der Waals surface area (Å²) in [7, 11) is 0. The van der Waals surface area contributed by atoms with E-state index in [0.29, 0.717) is 0 Å². The fourth-order valence-electron chi connectivity index (χ4n) is 4.37. The van der Waals surface area contributed by atoms with Crippen molar-refractivity contribution in [3.05, 3.63) is 28.3 Å². The van der Waals surface area contributed by atoms with Crippen molar-refractivity contribution in [1.82, 2.24) is 9.62 Å². The van der Waals surface area contributed by atoms with Crippen LogP contribution in [0.1, 0.15) is 42.0 Å². The summed E-state index contributed by atoms with van der Waals surface area (Å²) in [5, 5.41) is 3.19. The molecule has 0 unspecified atom stereocenters. The maximum absolute atomic E-state index is 12.4. The number of benzene rings is 1. The summed E-state index contributed by atoms with van der Waals surface area (Å²) in [4.78, 5) is 14.8. The fraction of sp³-hybridized carbons (Fsp3) is 0.632. The van der Waals surface area contributed by atoms with Gasteiger partial charge >= 0.3 is 6.03 Å². The number of amides is 2. The Hall–Kier alpha value is -1.20. The van der Waals surface area contributed by atoms with Crippen molar-refractivity contribution in [3.63, 3.8) is 0 Å². The van der Waals surface area contributed by atoms with E-state index < -0.39 is 0 Å². The highest BCUT2D eigenvalue weighted by Gasteiger charge is 2.26. The van der Waals surface area contributed by atoms with Gasteiger partial charge in [0.1, 0.15) is 0 Å². The van der Waals surface area contributed by atoms with Gasteiger partial charge in [-0.1, -0.05) is 13.0 Å². The zero-order chi connectivity index (χ0) is 16.5. The lowest BCUT2D eigenvalue weighted by molar-refractivity contribution is 0.124. The van der Waals surface area contributed by atoms with Gasteiger partial charge in [0.25, 0.3) is 0 Å². The molecule has 4 rings (SSSR count). The highest BCUT2D eigenvalue weighted by molar-refractivity contribution is 7.97. The number of aryl methyl sites for hydroxylation is 2. The summed E-state index contributed by atoms with van der Waals surface area (Å²) in [6.45, 7) is 5.68. The third-order valence-corrected chi connectivity index (χ3v) is 6.64. The first-order valence-electron chi connectivity index (χ1n) is 9.32. The summed E-state index contributed by atoms with van der Waals surface area (Å²) in [6, 6.07) is 2.35. The first kappa shape index (κ1) is 16.3. The maximum Gasteiger partial charge on any atom is 0.329 e. The van der Waals surface area contributed by atoms with Crippen molar-refractivity contribution >= 4 is 23.7 Å². The molecule has 0 radical (unpaired) electrons. The van der Waals surface area contributed by atoms with Crippen LogP contribution < -0.4 is 10.0 Å². The summed E-state index contributed by atoms with van der Waals surface area (Å²) >= 11 is 1.55. The Labute approximate surface area is 148 Å². The van der Waals surface area contributed by atoms with E-state index in [1.54, 1.807) is 11.9 Å². The molecule has 2 N–H and O–H groups in total. The minimum Gasteiger partial charge on any atom is -0.307 e. The normalized spacial score (nSPS) is 19.7. The summed E-state index contributed by atoms with van der Waals surface area (Å²) in [6.07, 6.45) is 7.00. The number of nitrogens with one attached hydrogen (secondary N) is 2. The molecule has 1 aromatic carbocycles. The van der Waals surface area contributed by atoms with E-state index in [4.69, 9.17) is 0 Å². The third-order valence-electron chi connectivity index (χ3n) is 5.68. The number of nitrogens with zero attached hydrogens (tertiary/aromatic N) is 1. The molecule has 0 bridgehead atoms. The second-order valence-corrected chi connectivity index (χ2v) is 8.15. The molecule has 1 fully saturated rings. The van der Waals surface area contributed by atoms with Crippen LogP contribution in [0, 0.1) is 5.92 Å². The Balaban J connectivity index is 1.35.